The van der Waals surface area contributed by atoms with Crippen LogP contribution in [-0.4, -0.2) is 10.2 Å². The third kappa shape index (κ3) is 2.04. The normalized spacial score (nSPS) is 10.1. The van der Waals surface area contributed by atoms with Crippen molar-refractivity contribution in [3.05, 3.63) is 35.5 Å². The minimum Gasteiger partial charge on any atom is -0.416 e. The first-order valence-corrected chi connectivity index (χ1v) is 5.19. The molecule has 2 rings (SSSR count). The molecule has 0 unspecified atom stereocenters. The Labute approximate surface area is 95.1 Å². The summed E-state index contributed by atoms with van der Waals surface area (Å²) >= 11 is 1.07. The number of aromatic nitrogens is 2. The lowest BCUT2D eigenvalue weighted by molar-refractivity contribution is 0.429. The highest BCUT2D eigenvalue weighted by atomic mass is 32.2. The summed E-state index contributed by atoms with van der Waals surface area (Å²) in [6.45, 7) is 1.66. The van der Waals surface area contributed by atoms with E-state index in [4.69, 9.17) is 9.68 Å². The molecule has 0 aliphatic heterocycles. The second-order valence-electron chi connectivity index (χ2n) is 2.91. The second kappa shape index (κ2) is 4.33. The first kappa shape index (κ1) is 10.6. The average Bonchev–Trinajstić information content (AvgIpc) is 2.64. The van der Waals surface area contributed by atoms with Crippen LogP contribution >= 0.6 is 11.8 Å². The lowest BCUT2D eigenvalue weighted by atomic mass is 10.2. The fraction of sp³-hybridized carbons (Fsp3) is 0.100. The number of hydrogen-bond donors (Lipinski definition) is 0. The summed E-state index contributed by atoms with van der Waals surface area (Å²) < 4.78 is 18.4. The van der Waals surface area contributed by atoms with Crippen LogP contribution in [0.15, 0.2) is 32.7 Å². The van der Waals surface area contributed by atoms with Gasteiger partial charge in [-0.3, -0.25) is 0 Å². The molecule has 0 amide bonds. The Bertz CT molecular complexity index is 561. The summed E-state index contributed by atoms with van der Waals surface area (Å²) in [6.07, 6.45) is 0. The largest absolute Gasteiger partial charge is 0.416 e. The molecule has 2 aromatic rings. The average molecular weight is 235 g/mol. The highest BCUT2D eigenvalue weighted by Gasteiger charge is 2.12. The van der Waals surface area contributed by atoms with Gasteiger partial charge in [-0.1, -0.05) is 6.07 Å². The lowest BCUT2D eigenvalue weighted by Crippen LogP contribution is -1.86. The fourth-order valence-corrected chi connectivity index (χ4v) is 1.94. The number of nitriles is 1. The van der Waals surface area contributed by atoms with Crippen molar-refractivity contribution < 1.29 is 8.81 Å². The Hall–Kier alpha value is -1.87. The van der Waals surface area contributed by atoms with Crippen LogP contribution in [0.2, 0.25) is 0 Å². The van der Waals surface area contributed by atoms with Gasteiger partial charge in [-0.2, -0.15) is 5.26 Å². The molecule has 1 aromatic heterocycles. The van der Waals surface area contributed by atoms with E-state index in [1.54, 1.807) is 19.1 Å². The fourth-order valence-electron chi connectivity index (χ4n) is 1.11. The third-order valence-electron chi connectivity index (χ3n) is 1.79. The SMILES string of the molecule is Cc1nnc(Sc2cccc(F)c2C#N)o1. The molecule has 16 heavy (non-hydrogen) atoms. The molecule has 0 spiro atoms. The maximum atomic E-state index is 13.3. The molecule has 1 heterocycles. The minimum atomic E-state index is -0.552. The number of nitrogens with zero attached hydrogens (tertiary/aromatic N) is 3. The van der Waals surface area contributed by atoms with Crippen molar-refractivity contribution in [3.63, 3.8) is 0 Å². The van der Waals surface area contributed by atoms with Crippen LogP contribution in [0.4, 0.5) is 4.39 Å². The summed E-state index contributed by atoms with van der Waals surface area (Å²) in [5, 5.41) is 16.5. The first-order valence-electron chi connectivity index (χ1n) is 4.37. The quantitative estimate of drug-likeness (QED) is 0.800. The van der Waals surface area contributed by atoms with Crippen LogP contribution in [0.3, 0.4) is 0 Å². The van der Waals surface area contributed by atoms with Gasteiger partial charge in [0.15, 0.2) is 0 Å². The van der Waals surface area contributed by atoms with Crippen LogP contribution < -0.4 is 0 Å². The standard InChI is InChI=1S/C10H6FN3OS/c1-6-13-14-10(15-6)16-9-4-2-3-8(11)7(9)5-12/h2-4H,1H3. The van der Waals surface area contributed by atoms with E-state index < -0.39 is 5.82 Å². The number of benzene rings is 1. The van der Waals surface area contributed by atoms with Gasteiger partial charge in [-0.25, -0.2) is 4.39 Å². The molecular weight excluding hydrogens is 229 g/mol. The van der Waals surface area contributed by atoms with Gasteiger partial charge in [0.25, 0.3) is 5.22 Å². The van der Waals surface area contributed by atoms with Crippen molar-refractivity contribution in [2.24, 2.45) is 0 Å². The van der Waals surface area contributed by atoms with Crippen LogP contribution in [0, 0.1) is 24.1 Å². The number of aryl methyl sites for hydroxylation is 1. The van der Waals surface area contributed by atoms with E-state index in [9.17, 15) is 4.39 Å². The molecule has 0 atom stereocenters. The molecule has 4 nitrogen and oxygen atoms in total. The molecule has 0 saturated carbocycles. The van der Waals surface area contributed by atoms with Crippen molar-refractivity contribution in [1.82, 2.24) is 10.2 Å². The van der Waals surface area contributed by atoms with Gasteiger partial charge < -0.3 is 4.42 Å². The highest BCUT2D eigenvalue weighted by molar-refractivity contribution is 7.99. The number of halogens is 1. The summed E-state index contributed by atoms with van der Waals surface area (Å²) in [5.41, 5.74) is -0.0108. The van der Waals surface area contributed by atoms with Gasteiger partial charge in [0.2, 0.25) is 5.89 Å². The molecule has 6 heteroatoms. The topological polar surface area (TPSA) is 62.7 Å². The molecule has 0 saturated heterocycles. The van der Waals surface area contributed by atoms with Crippen LogP contribution in [-0.2, 0) is 0 Å². The van der Waals surface area contributed by atoms with Gasteiger partial charge >= 0.3 is 0 Å². The Balaban J connectivity index is 2.35. The van der Waals surface area contributed by atoms with Gasteiger partial charge in [-0.05, 0) is 23.9 Å². The highest BCUT2D eigenvalue weighted by Crippen LogP contribution is 2.30. The van der Waals surface area contributed by atoms with Crippen LogP contribution in [0.1, 0.15) is 11.5 Å². The van der Waals surface area contributed by atoms with Crippen molar-refractivity contribution in [3.8, 4) is 6.07 Å². The monoisotopic (exact) mass is 235 g/mol. The van der Waals surface area contributed by atoms with Gasteiger partial charge in [-0.15, -0.1) is 10.2 Å². The maximum Gasteiger partial charge on any atom is 0.281 e. The summed E-state index contributed by atoms with van der Waals surface area (Å²) in [7, 11) is 0. The van der Waals surface area contributed by atoms with E-state index in [1.165, 1.54) is 12.1 Å². The zero-order valence-corrected chi connectivity index (χ0v) is 9.08. The molecule has 0 aliphatic carbocycles. The van der Waals surface area contributed by atoms with E-state index in [0.717, 1.165) is 11.8 Å². The second-order valence-corrected chi connectivity index (χ2v) is 3.91. The molecule has 0 aliphatic rings. The van der Waals surface area contributed by atoms with Crippen molar-refractivity contribution in [1.29, 1.82) is 5.26 Å². The zero-order chi connectivity index (χ0) is 11.5. The molecule has 0 radical (unpaired) electrons. The van der Waals surface area contributed by atoms with E-state index in [2.05, 4.69) is 10.2 Å². The van der Waals surface area contributed by atoms with E-state index in [-0.39, 0.29) is 5.56 Å². The Morgan fingerprint density at radius 1 is 1.44 bits per heavy atom. The maximum absolute atomic E-state index is 13.3. The van der Waals surface area contributed by atoms with Crippen molar-refractivity contribution in [2.75, 3.05) is 0 Å². The van der Waals surface area contributed by atoms with Crippen molar-refractivity contribution in [2.45, 2.75) is 17.0 Å². The van der Waals surface area contributed by atoms with Crippen LogP contribution in [0.5, 0.6) is 0 Å². The predicted octanol–water partition coefficient (Wildman–Crippen LogP) is 2.54. The van der Waals surface area contributed by atoms with Gasteiger partial charge in [0, 0.05) is 11.8 Å². The smallest absolute Gasteiger partial charge is 0.281 e. The summed E-state index contributed by atoms with van der Waals surface area (Å²) in [5.74, 6) is -0.124. The third-order valence-corrected chi connectivity index (χ3v) is 2.69. The zero-order valence-electron chi connectivity index (χ0n) is 8.27. The number of rotatable bonds is 2. The minimum absolute atomic E-state index is 0.0108. The summed E-state index contributed by atoms with van der Waals surface area (Å²) in [4.78, 5) is 0.464. The molecular formula is C10H6FN3OS. The van der Waals surface area contributed by atoms with Crippen molar-refractivity contribution >= 4 is 11.8 Å². The van der Waals surface area contributed by atoms with E-state index in [1.807, 2.05) is 0 Å². The predicted molar refractivity (Wildman–Crippen MR) is 54.3 cm³/mol. The van der Waals surface area contributed by atoms with Crippen LogP contribution in [0.25, 0.3) is 0 Å². The Morgan fingerprint density at radius 2 is 2.25 bits per heavy atom. The Morgan fingerprint density at radius 3 is 2.88 bits per heavy atom. The summed E-state index contributed by atoms with van der Waals surface area (Å²) in [6, 6.07) is 6.20. The van der Waals surface area contributed by atoms with E-state index >= 15 is 0 Å². The molecule has 80 valence electrons. The molecule has 1 aromatic carbocycles. The van der Waals surface area contributed by atoms with E-state index in [0.29, 0.717) is 16.0 Å². The molecule has 0 N–H and O–H groups in total. The Kier molecular flexibility index (Phi) is 2.88. The number of hydrogen-bond acceptors (Lipinski definition) is 5. The molecule has 0 fully saturated rings. The lowest BCUT2D eigenvalue weighted by Gasteiger charge is -1.99. The molecule has 0 bridgehead atoms. The first-order chi connectivity index (χ1) is 7.70. The van der Waals surface area contributed by atoms with Gasteiger partial charge in [0.1, 0.15) is 17.4 Å². The van der Waals surface area contributed by atoms with Gasteiger partial charge in [0.05, 0.1) is 0 Å².